The highest BCUT2D eigenvalue weighted by atomic mass is 32.2. The standard InChI is InChI=1S/C18H21NO4S2/c1-14-13-15(18(20)23-2)9-10-17(14)25(21,22)19-11-6-12-24-16-7-4-3-5-8-16/h3-5,7-10,13,19H,6,11-12H2,1-2H3. The normalized spacial score (nSPS) is 11.3. The van der Waals surface area contributed by atoms with Crippen LogP contribution in [0.1, 0.15) is 22.3 Å². The fourth-order valence-electron chi connectivity index (χ4n) is 2.26. The van der Waals surface area contributed by atoms with Crippen molar-refractivity contribution < 1.29 is 17.9 Å². The van der Waals surface area contributed by atoms with Crippen LogP contribution in [0.4, 0.5) is 0 Å². The maximum absolute atomic E-state index is 12.4. The van der Waals surface area contributed by atoms with Crippen LogP contribution in [0.3, 0.4) is 0 Å². The van der Waals surface area contributed by atoms with Gasteiger partial charge in [-0.05, 0) is 55.0 Å². The number of ether oxygens (including phenoxy) is 1. The molecule has 1 N–H and O–H groups in total. The lowest BCUT2D eigenvalue weighted by Crippen LogP contribution is -2.26. The van der Waals surface area contributed by atoms with Crippen molar-refractivity contribution in [3.05, 3.63) is 59.7 Å². The van der Waals surface area contributed by atoms with Gasteiger partial charge in [0.1, 0.15) is 0 Å². The minimum atomic E-state index is -3.60. The summed E-state index contributed by atoms with van der Waals surface area (Å²) < 4.78 is 32.1. The fraction of sp³-hybridized carbons (Fsp3) is 0.278. The van der Waals surface area contributed by atoms with Gasteiger partial charge >= 0.3 is 5.97 Å². The molecule has 0 saturated heterocycles. The van der Waals surface area contributed by atoms with E-state index in [0.29, 0.717) is 17.7 Å². The van der Waals surface area contributed by atoms with E-state index in [1.54, 1.807) is 18.7 Å². The molecule has 5 nitrogen and oxygen atoms in total. The van der Waals surface area contributed by atoms with Crippen LogP contribution in [-0.4, -0.2) is 33.8 Å². The second kappa shape index (κ2) is 9.03. The van der Waals surface area contributed by atoms with Gasteiger partial charge in [0.05, 0.1) is 17.6 Å². The lowest BCUT2D eigenvalue weighted by atomic mass is 10.1. The number of thioether (sulfide) groups is 1. The van der Waals surface area contributed by atoms with Gasteiger partial charge < -0.3 is 4.74 Å². The number of carbonyl (C=O) groups excluding carboxylic acids is 1. The van der Waals surface area contributed by atoms with Crippen molar-refractivity contribution in [3.63, 3.8) is 0 Å². The summed E-state index contributed by atoms with van der Waals surface area (Å²) in [6.45, 7) is 2.02. The van der Waals surface area contributed by atoms with Crippen molar-refractivity contribution in [1.29, 1.82) is 0 Å². The SMILES string of the molecule is COC(=O)c1ccc(S(=O)(=O)NCCCSc2ccccc2)c(C)c1. The molecule has 0 radical (unpaired) electrons. The second-order valence-electron chi connectivity index (χ2n) is 5.38. The van der Waals surface area contributed by atoms with Crippen molar-refractivity contribution in [3.8, 4) is 0 Å². The second-order valence-corrected chi connectivity index (χ2v) is 8.29. The van der Waals surface area contributed by atoms with E-state index in [4.69, 9.17) is 0 Å². The Morgan fingerprint density at radius 1 is 1.16 bits per heavy atom. The molecule has 0 spiro atoms. The van der Waals surface area contributed by atoms with Crippen LogP contribution in [0.25, 0.3) is 0 Å². The number of hydrogen-bond donors (Lipinski definition) is 1. The third-order valence-corrected chi connectivity index (χ3v) is 6.23. The molecule has 0 heterocycles. The topological polar surface area (TPSA) is 72.5 Å². The Morgan fingerprint density at radius 3 is 2.52 bits per heavy atom. The Labute approximate surface area is 152 Å². The van der Waals surface area contributed by atoms with Crippen LogP contribution in [0.15, 0.2) is 58.3 Å². The van der Waals surface area contributed by atoms with Gasteiger partial charge in [0, 0.05) is 11.4 Å². The lowest BCUT2D eigenvalue weighted by molar-refractivity contribution is 0.0600. The van der Waals surface area contributed by atoms with Crippen molar-refractivity contribution >= 4 is 27.8 Å². The van der Waals surface area contributed by atoms with E-state index in [9.17, 15) is 13.2 Å². The first-order valence-electron chi connectivity index (χ1n) is 7.80. The Bertz CT molecular complexity index is 820. The highest BCUT2D eigenvalue weighted by molar-refractivity contribution is 7.99. The van der Waals surface area contributed by atoms with E-state index in [1.165, 1.54) is 30.2 Å². The van der Waals surface area contributed by atoms with E-state index < -0.39 is 16.0 Å². The number of aryl methyl sites for hydroxylation is 1. The van der Waals surface area contributed by atoms with Gasteiger partial charge in [0.2, 0.25) is 10.0 Å². The van der Waals surface area contributed by atoms with E-state index >= 15 is 0 Å². The molecule has 0 saturated carbocycles. The molecule has 0 aliphatic heterocycles. The molecule has 7 heteroatoms. The van der Waals surface area contributed by atoms with Crippen molar-refractivity contribution in [1.82, 2.24) is 4.72 Å². The Kier molecular flexibility index (Phi) is 7.04. The molecule has 0 fully saturated rings. The summed E-state index contributed by atoms with van der Waals surface area (Å²) in [5.41, 5.74) is 0.840. The van der Waals surface area contributed by atoms with Crippen molar-refractivity contribution in [2.24, 2.45) is 0 Å². The number of sulfonamides is 1. The third-order valence-electron chi connectivity index (χ3n) is 3.51. The Morgan fingerprint density at radius 2 is 1.88 bits per heavy atom. The van der Waals surface area contributed by atoms with Crippen LogP contribution in [-0.2, 0) is 14.8 Å². The summed E-state index contributed by atoms with van der Waals surface area (Å²) in [5, 5.41) is 0. The third kappa shape index (κ3) is 5.59. The average Bonchev–Trinajstić information content (AvgIpc) is 2.61. The number of nitrogens with one attached hydrogen (secondary N) is 1. The van der Waals surface area contributed by atoms with Gasteiger partial charge in [-0.15, -0.1) is 11.8 Å². The zero-order chi connectivity index (χ0) is 18.3. The Hall–Kier alpha value is -1.83. The maximum Gasteiger partial charge on any atom is 0.337 e. The van der Waals surface area contributed by atoms with Gasteiger partial charge in [-0.2, -0.15) is 0 Å². The molecule has 0 atom stereocenters. The molecule has 0 aliphatic carbocycles. The predicted octanol–water partition coefficient (Wildman–Crippen LogP) is 3.24. The highest BCUT2D eigenvalue weighted by Crippen LogP contribution is 2.19. The summed E-state index contributed by atoms with van der Waals surface area (Å²) in [7, 11) is -2.31. The summed E-state index contributed by atoms with van der Waals surface area (Å²) in [6, 6.07) is 14.4. The molecule has 0 bridgehead atoms. The van der Waals surface area contributed by atoms with Gasteiger partial charge in [-0.3, -0.25) is 0 Å². The van der Waals surface area contributed by atoms with E-state index in [0.717, 1.165) is 12.2 Å². The summed E-state index contributed by atoms with van der Waals surface area (Å²) in [6.07, 6.45) is 0.720. The van der Waals surface area contributed by atoms with Gasteiger partial charge in [0.25, 0.3) is 0 Å². The fourth-order valence-corrected chi connectivity index (χ4v) is 4.43. The largest absolute Gasteiger partial charge is 0.465 e. The van der Waals surface area contributed by atoms with Crippen LogP contribution < -0.4 is 4.72 Å². The molecule has 0 aromatic heterocycles. The van der Waals surface area contributed by atoms with Crippen LogP contribution in [0.5, 0.6) is 0 Å². The first-order chi connectivity index (χ1) is 11.9. The van der Waals surface area contributed by atoms with E-state index in [-0.39, 0.29) is 4.90 Å². The minimum Gasteiger partial charge on any atom is -0.465 e. The van der Waals surface area contributed by atoms with Crippen molar-refractivity contribution in [2.75, 3.05) is 19.4 Å². The lowest BCUT2D eigenvalue weighted by Gasteiger charge is -2.10. The highest BCUT2D eigenvalue weighted by Gasteiger charge is 2.18. The predicted molar refractivity (Wildman–Crippen MR) is 99.5 cm³/mol. The molecule has 134 valence electrons. The molecule has 2 rings (SSSR count). The summed E-state index contributed by atoms with van der Waals surface area (Å²) in [4.78, 5) is 12.8. The molecule has 0 aliphatic rings. The molecular formula is C18H21NO4S2. The number of rotatable bonds is 8. The zero-order valence-electron chi connectivity index (χ0n) is 14.2. The number of esters is 1. The zero-order valence-corrected chi connectivity index (χ0v) is 15.8. The number of methoxy groups -OCH3 is 1. The first kappa shape index (κ1) is 19.5. The quantitative estimate of drug-likeness (QED) is 0.433. The number of hydrogen-bond acceptors (Lipinski definition) is 5. The van der Waals surface area contributed by atoms with E-state index in [2.05, 4.69) is 9.46 Å². The summed E-state index contributed by atoms with van der Waals surface area (Å²) in [5.74, 6) is 0.338. The summed E-state index contributed by atoms with van der Waals surface area (Å²) >= 11 is 1.69. The molecule has 25 heavy (non-hydrogen) atoms. The molecule has 0 amide bonds. The van der Waals surface area contributed by atoms with Crippen LogP contribution in [0.2, 0.25) is 0 Å². The van der Waals surface area contributed by atoms with Crippen molar-refractivity contribution in [2.45, 2.75) is 23.1 Å². The van der Waals surface area contributed by atoms with Crippen LogP contribution >= 0.6 is 11.8 Å². The van der Waals surface area contributed by atoms with Gasteiger partial charge in [-0.25, -0.2) is 17.9 Å². The van der Waals surface area contributed by atoms with Gasteiger partial charge in [-0.1, -0.05) is 18.2 Å². The van der Waals surface area contributed by atoms with Crippen LogP contribution in [0, 0.1) is 6.92 Å². The Balaban J connectivity index is 1.89. The van der Waals surface area contributed by atoms with Gasteiger partial charge in [0.15, 0.2) is 0 Å². The minimum absolute atomic E-state index is 0.177. The average molecular weight is 380 g/mol. The molecule has 2 aromatic carbocycles. The smallest absolute Gasteiger partial charge is 0.337 e. The monoisotopic (exact) mass is 379 g/mol. The number of carbonyl (C=O) groups is 1. The van der Waals surface area contributed by atoms with E-state index in [1.807, 2.05) is 30.3 Å². The number of benzene rings is 2. The molecule has 0 unspecified atom stereocenters. The maximum atomic E-state index is 12.4. The molecule has 2 aromatic rings. The first-order valence-corrected chi connectivity index (χ1v) is 10.3. The molecular weight excluding hydrogens is 358 g/mol.